The molecule has 1 aromatic carbocycles. The van der Waals surface area contributed by atoms with Gasteiger partial charge in [-0.05, 0) is 51.0 Å². The van der Waals surface area contributed by atoms with Gasteiger partial charge in [0.05, 0.1) is 6.61 Å². The van der Waals surface area contributed by atoms with Gasteiger partial charge in [-0.15, -0.1) is 0 Å². The van der Waals surface area contributed by atoms with Crippen molar-refractivity contribution < 1.29 is 14.3 Å². The van der Waals surface area contributed by atoms with Crippen LogP contribution >= 0.6 is 0 Å². The molecule has 0 unspecified atom stereocenters. The Morgan fingerprint density at radius 3 is 2.54 bits per heavy atom. The highest BCUT2D eigenvalue weighted by atomic mass is 16.6. The van der Waals surface area contributed by atoms with E-state index >= 15 is 0 Å². The second-order valence-corrected chi connectivity index (χ2v) is 6.85. The number of benzene rings is 1. The summed E-state index contributed by atoms with van der Waals surface area (Å²) < 4.78 is 5.05. The van der Waals surface area contributed by atoms with Crippen LogP contribution in [0.4, 0.5) is 16.2 Å². The second-order valence-electron chi connectivity index (χ2n) is 6.85. The molecule has 1 fully saturated rings. The van der Waals surface area contributed by atoms with Gasteiger partial charge in [-0.25, -0.2) is 4.79 Å². The van der Waals surface area contributed by atoms with Crippen LogP contribution in [-0.4, -0.2) is 47.6 Å². The molecule has 1 aliphatic rings. The van der Waals surface area contributed by atoms with E-state index in [1.165, 1.54) is 0 Å². The zero-order valence-corrected chi connectivity index (χ0v) is 16.3. The molecule has 0 spiro atoms. The van der Waals surface area contributed by atoms with E-state index in [9.17, 15) is 9.59 Å². The number of hydrogen-bond acceptors (Lipinski definition) is 5. The van der Waals surface area contributed by atoms with Gasteiger partial charge in [0.25, 0.3) is 5.91 Å². The summed E-state index contributed by atoms with van der Waals surface area (Å²) in [5, 5.41) is 6.30. The van der Waals surface area contributed by atoms with Gasteiger partial charge in [0.15, 0.2) is 0 Å². The quantitative estimate of drug-likeness (QED) is 0.824. The fraction of sp³-hybridized carbons (Fsp3) is 0.381. The van der Waals surface area contributed by atoms with Crippen LogP contribution in [0.25, 0.3) is 0 Å². The number of amides is 2. The Morgan fingerprint density at radius 1 is 1.14 bits per heavy atom. The van der Waals surface area contributed by atoms with Crippen LogP contribution in [0.1, 0.15) is 35.8 Å². The summed E-state index contributed by atoms with van der Waals surface area (Å²) in [4.78, 5) is 30.2. The molecule has 28 heavy (non-hydrogen) atoms. The van der Waals surface area contributed by atoms with Gasteiger partial charge in [0.1, 0.15) is 5.69 Å². The lowest BCUT2D eigenvalue weighted by Gasteiger charge is -2.32. The fourth-order valence-electron chi connectivity index (χ4n) is 3.13. The Kier molecular flexibility index (Phi) is 6.47. The van der Waals surface area contributed by atoms with E-state index in [1.54, 1.807) is 17.2 Å². The topological polar surface area (TPSA) is 83.6 Å². The van der Waals surface area contributed by atoms with E-state index in [0.717, 1.165) is 29.8 Å². The monoisotopic (exact) mass is 382 g/mol. The van der Waals surface area contributed by atoms with Crippen molar-refractivity contribution in [1.29, 1.82) is 0 Å². The fourth-order valence-corrected chi connectivity index (χ4v) is 3.13. The number of carbonyl (C=O) groups excluding carboxylic acids is 2. The number of nitrogens with zero attached hydrogens (tertiary/aromatic N) is 2. The standard InChI is InChI=1S/C21H26N4O3/c1-3-28-21(27)25-12-9-17(10-13-25)23-18-8-11-22-19(14-18)20(26)24-16-6-4-15(2)5-7-16/h4-8,11,14,17H,3,9-10,12-13H2,1-2H3,(H,22,23)(H,24,26). The predicted octanol–water partition coefficient (Wildman–Crippen LogP) is 3.68. The van der Waals surface area contributed by atoms with Gasteiger partial charge in [-0.3, -0.25) is 9.78 Å². The van der Waals surface area contributed by atoms with Crippen molar-refractivity contribution in [2.45, 2.75) is 32.7 Å². The first-order chi connectivity index (χ1) is 13.5. The third-order valence-corrected chi connectivity index (χ3v) is 4.69. The third-order valence-electron chi connectivity index (χ3n) is 4.69. The van der Waals surface area contributed by atoms with Crippen LogP contribution in [0.5, 0.6) is 0 Å². The predicted molar refractivity (Wildman–Crippen MR) is 109 cm³/mol. The minimum Gasteiger partial charge on any atom is -0.450 e. The maximum Gasteiger partial charge on any atom is 0.409 e. The number of aromatic nitrogens is 1. The summed E-state index contributed by atoms with van der Waals surface area (Å²) in [5.41, 5.74) is 3.08. The zero-order valence-electron chi connectivity index (χ0n) is 16.3. The third kappa shape index (κ3) is 5.22. The molecule has 3 rings (SSSR count). The molecule has 0 atom stereocenters. The van der Waals surface area contributed by atoms with Gasteiger partial charge >= 0.3 is 6.09 Å². The maximum atomic E-state index is 12.5. The van der Waals surface area contributed by atoms with Gasteiger partial charge in [0.2, 0.25) is 0 Å². The van der Waals surface area contributed by atoms with Crippen LogP contribution in [0.2, 0.25) is 0 Å². The highest BCUT2D eigenvalue weighted by molar-refractivity contribution is 6.03. The van der Waals surface area contributed by atoms with Gasteiger partial charge in [0, 0.05) is 36.7 Å². The van der Waals surface area contributed by atoms with Crippen LogP contribution in [-0.2, 0) is 4.74 Å². The van der Waals surface area contributed by atoms with Crippen molar-refractivity contribution in [3.8, 4) is 0 Å². The second kappa shape index (κ2) is 9.21. The smallest absolute Gasteiger partial charge is 0.409 e. The average molecular weight is 382 g/mol. The molecular weight excluding hydrogens is 356 g/mol. The van der Waals surface area contributed by atoms with E-state index in [0.29, 0.717) is 25.4 Å². The van der Waals surface area contributed by atoms with E-state index < -0.39 is 0 Å². The molecule has 0 radical (unpaired) electrons. The Bertz CT molecular complexity index is 815. The molecule has 2 aromatic rings. The van der Waals surface area contributed by atoms with Crippen molar-refractivity contribution in [3.63, 3.8) is 0 Å². The lowest BCUT2D eigenvalue weighted by atomic mass is 10.1. The van der Waals surface area contributed by atoms with Crippen molar-refractivity contribution in [1.82, 2.24) is 9.88 Å². The molecule has 0 bridgehead atoms. The van der Waals surface area contributed by atoms with Crippen LogP contribution in [0, 0.1) is 6.92 Å². The number of rotatable bonds is 5. The minimum atomic E-state index is -0.250. The van der Waals surface area contributed by atoms with Crippen molar-refractivity contribution in [2.75, 3.05) is 30.3 Å². The lowest BCUT2D eigenvalue weighted by Crippen LogP contribution is -2.42. The van der Waals surface area contributed by atoms with Gasteiger partial charge in [-0.1, -0.05) is 17.7 Å². The molecule has 2 amide bonds. The lowest BCUT2D eigenvalue weighted by molar-refractivity contribution is 0.0981. The molecule has 0 saturated carbocycles. The number of pyridine rings is 1. The number of nitrogens with one attached hydrogen (secondary N) is 2. The summed E-state index contributed by atoms with van der Waals surface area (Å²) in [5.74, 6) is -0.246. The van der Waals surface area contributed by atoms with E-state index in [2.05, 4.69) is 15.6 Å². The molecule has 2 N–H and O–H groups in total. The summed E-state index contributed by atoms with van der Waals surface area (Å²) in [7, 11) is 0. The largest absolute Gasteiger partial charge is 0.450 e. The molecule has 1 aromatic heterocycles. The van der Waals surface area contributed by atoms with Gasteiger partial charge < -0.3 is 20.3 Å². The first kappa shape index (κ1) is 19.7. The highest BCUT2D eigenvalue weighted by Crippen LogP contribution is 2.18. The number of aryl methyl sites for hydroxylation is 1. The van der Waals surface area contributed by atoms with E-state index in [-0.39, 0.29) is 18.0 Å². The number of carbonyl (C=O) groups is 2. The van der Waals surface area contributed by atoms with E-state index in [4.69, 9.17) is 4.74 Å². The van der Waals surface area contributed by atoms with Crippen molar-refractivity contribution >= 4 is 23.4 Å². The minimum absolute atomic E-state index is 0.237. The molecule has 0 aliphatic carbocycles. The summed E-state index contributed by atoms with van der Waals surface area (Å²) in [6.07, 6.45) is 3.03. The Morgan fingerprint density at radius 2 is 1.86 bits per heavy atom. The number of piperidine rings is 1. The number of anilines is 2. The summed E-state index contributed by atoms with van der Waals surface area (Å²) >= 11 is 0. The molecule has 1 saturated heterocycles. The first-order valence-electron chi connectivity index (χ1n) is 9.57. The van der Waals surface area contributed by atoms with Crippen molar-refractivity contribution in [3.05, 3.63) is 53.9 Å². The normalized spacial score (nSPS) is 14.4. The van der Waals surface area contributed by atoms with Crippen LogP contribution in [0.15, 0.2) is 42.6 Å². The summed E-state index contributed by atoms with van der Waals surface area (Å²) in [6.45, 7) is 5.51. The molecule has 7 heteroatoms. The zero-order chi connectivity index (χ0) is 19.9. The molecule has 1 aliphatic heterocycles. The Labute approximate surface area is 165 Å². The summed E-state index contributed by atoms with van der Waals surface area (Å²) in [6, 6.07) is 11.5. The van der Waals surface area contributed by atoms with Crippen LogP contribution in [0.3, 0.4) is 0 Å². The Balaban J connectivity index is 1.55. The first-order valence-corrected chi connectivity index (χ1v) is 9.57. The van der Waals surface area contributed by atoms with Gasteiger partial charge in [-0.2, -0.15) is 0 Å². The van der Waals surface area contributed by atoms with Crippen LogP contribution < -0.4 is 10.6 Å². The number of ether oxygens (including phenoxy) is 1. The number of likely N-dealkylation sites (tertiary alicyclic amines) is 1. The molecule has 148 valence electrons. The average Bonchev–Trinajstić information content (AvgIpc) is 2.70. The highest BCUT2D eigenvalue weighted by Gasteiger charge is 2.23. The molecular formula is C21H26N4O3. The number of hydrogen-bond donors (Lipinski definition) is 2. The van der Waals surface area contributed by atoms with Crippen molar-refractivity contribution in [2.24, 2.45) is 0 Å². The van der Waals surface area contributed by atoms with E-state index in [1.807, 2.05) is 44.2 Å². The SMILES string of the molecule is CCOC(=O)N1CCC(Nc2ccnc(C(=O)Nc3ccc(C)cc3)c2)CC1. The maximum absolute atomic E-state index is 12.5. The molecule has 7 nitrogen and oxygen atoms in total. The molecule has 2 heterocycles. The Hall–Kier alpha value is -3.09.